The monoisotopic (exact) mass is 609 g/mol. The van der Waals surface area contributed by atoms with Crippen molar-refractivity contribution in [3.8, 4) is 11.4 Å². The van der Waals surface area contributed by atoms with Gasteiger partial charge in [0.15, 0.2) is 0 Å². The molecule has 12 heteroatoms. The lowest BCUT2D eigenvalue weighted by Gasteiger charge is -2.33. The van der Waals surface area contributed by atoms with E-state index in [1.165, 1.54) is 10.9 Å². The highest BCUT2D eigenvalue weighted by Crippen LogP contribution is 2.52. The molecule has 4 aromatic rings. The van der Waals surface area contributed by atoms with E-state index in [1.54, 1.807) is 34.0 Å². The van der Waals surface area contributed by atoms with E-state index in [-0.39, 0.29) is 18.2 Å². The van der Waals surface area contributed by atoms with Crippen LogP contribution in [0.3, 0.4) is 0 Å². The number of hydrogen-bond acceptors (Lipinski definition) is 5. The van der Waals surface area contributed by atoms with Crippen LogP contribution in [0.15, 0.2) is 65.4 Å². The third kappa shape index (κ3) is 5.27. The third-order valence-corrected chi connectivity index (χ3v) is 8.17. The minimum atomic E-state index is -2.70. The predicted octanol–water partition coefficient (Wildman–Crippen LogP) is 4.77. The van der Waals surface area contributed by atoms with Gasteiger partial charge in [-0.15, -0.1) is 5.10 Å². The number of carbonyl (C=O) groups is 2. The number of alkyl halides is 2. The molecule has 2 fully saturated rings. The van der Waals surface area contributed by atoms with E-state index in [9.17, 15) is 18.4 Å². The predicted molar refractivity (Wildman–Crippen MR) is 147 cm³/mol. The molecular formula is C28H26BrF2N7O2. The van der Waals surface area contributed by atoms with Gasteiger partial charge in [0.25, 0.3) is 11.8 Å². The van der Waals surface area contributed by atoms with Crippen LogP contribution in [0.4, 0.5) is 14.5 Å². The fraction of sp³-hybridized carbons (Fsp3) is 0.321. The average molecular weight is 610 g/mol. The standard InChI is InChI=1S/C28H26BrF2N7O2/c1-17-13-20(8-9-21(17)29)37-11-2-3-23(27(37)40)32-26(39)19-6-4-18(5-7-19)15-36-16-24(33-35-36)22-10-12-38(34-22)25-14-28(25,30)31/h4-10,12-13,16,23,25H,2-3,11,14-15H2,1H3,(H,32,39). The quantitative estimate of drug-likeness (QED) is 0.326. The normalized spacial score (nSPS) is 20.0. The zero-order valence-corrected chi connectivity index (χ0v) is 23.2. The summed E-state index contributed by atoms with van der Waals surface area (Å²) >= 11 is 3.49. The number of rotatable bonds is 7. The van der Waals surface area contributed by atoms with Crippen molar-refractivity contribution in [1.82, 2.24) is 30.1 Å². The zero-order valence-electron chi connectivity index (χ0n) is 21.6. The fourth-order valence-electron chi connectivity index (χ4n) is 4.88. The number of benzene rings is 2. The number of carbonyl (C=O) groups excluding carboxylic acids is 2. The van der Waals surface area contributed by atoms with Crippen molar-refractivity contribution in [2.45, 2.75) is 50.7 Å². The van der Waals surface area contributed by atoms with Crippen LogP contribution in [0.5, 0.6) is 0 Å². The van der Waals surface area contributed by atoms with Gasteiger partial charge in [0.05, 0.1) is 12.7 Å². The summed E-state index contributed by atoms with van der Waals surface area (Å²) in [4.78, 5) is 27.8. The van der Waals surface area contributed by atoms with Gasteiger partial charge in [-0.1, -0.05) is 33.3 Å². The van der Waals surface area contributed by atoms with Crippen LogP contribution in [0.2, 0.25) is 0 Å². The van der Waals surface area contributed by atoms with E-state index >= 15 is 0 Å². The number of anilines is 1. The summed E-state index contributed by atoms with van der Waals surface area (Å²) in [5, 5.41) is 15.3. The van der Waals surface area contributed by atoms with Crippen molar-refractivity contribution in [3.63, 3.8) is 0 Å². The second kappa shape index (κ2) is 10.2. The first-order valence-corrected chi connectivity index (χ1v) is 13.8. The largest absolute Gasteiger partial charge is 0.340 e. The maximum absolute atomic E-state index is 13.3. The third-order valence-electron chi connectivity index (χ3n) is 7.28. The molecule has 2 aliphatic rings. The second-order valence-electron chi connectivity index (χ2n) is 10.3. The van der Waals surface area contributed by atoms with Crippen LogP contribution in [0, 0.1) is 6.92 Å². The van der Waals surface area contributed by atoms with Crippen molar-refractivity contribution >= 4 is 33.4 Å². The van der Waals surface area contributed by atoms with Gasteiger partial charge in [-0.3, -0.25) is 14.3 Å². The molecule has 9 nitrogen and oxygen atoms in total. The summed E-state index contributed by atoms with van der Waals surface area (Å²) in [6.07, 6.45) is 4.41. The van der Waals surface area contributed by atoms with Gasteiger partial charge in [0.2, 0.25) is 5.91 Å². The average Bonchev–Trinajstić information content (AvgIpc) is 3.29. The molecular weight excluding hydrogens is 584 g/mol. The molecule has 3 heterocycles. The van der Waals surface area contributed by atoms with E-state index in [0.29, 0.717) is 36.5 Å². The molecule has 2 unspecified atom stereocenters. The molecule has 0 bridgehead atoms. The van der Waals surface area contributed by atoms with Crippen LogP contribution in [0.25, 0.3) is 11.4 Å². The van der Waals surface area contributed by atoms with Crippen LogP contribution in [-0.2, 0) is 11.3 Å². The summed E-state index contributed by atoms with van der Waals surface area (Å²) in [5.41, 5.74) is 4.17. The molecule has 0 radical (unpaired) electrons. The van der Waals surface area contributed by atoms with Gasteiger partial charge >= 0.3 is 0 Å². The van der Waals surface area contributed by atoms with Gasteiger partial charge in [-0.05, 0) is 67.3 Å². The smallest absolute Gasteiger partial charge is 0.272 e. The number of amides is 2. The molecule has 0 spiro atoms. The highest BCUT2D eigenvalue weighted by atomic mass is 79.9. The molecule has 6 rings (SSSR count). The Morgan fingerprint density at radius 2 is 1.93 bits per heavy atom. The summed E-state index contributed by atoms with van der Waals surface area (Å²) in [6.45, 7) is 2.99. The van der Waals surface area contributed by atoms with E-state index in [2.05, 4.69) is 36.7 Å². The van der Waals surface area contributed by atoms with E-state index in [4.69, 9.17) is 0 Å². The molecule has 2 amide bonds. The lowest BCUT2D eigenvalue weighted by Crippen LogP contribution is -2.52. The molecule has 1 N–H and O–H groups in total. The van der Waals surface area contributed by atoms with Crippen molar-refractivity contribution < 1.29 is 18.4 Å². The Balaban J connectivity index is 1.07. The SMILES string of the molecule is Cc1cc(N2CCCC(NC(=O)c3ccc(Cn4cc(-c5ccn(C6CC6(F)F)n5)nn4)cc3)C2=O)ccc1Br. The maximum atomic E-state index is 13.3. The van der Waals surface area contributed by atoms with Crippen LogP contribution < -0.4 is 10.2 Å². The van der Waals surface area contributed by atoms with E-state index in [0.717, 1.165) is 27.7 Å². The first-order valence-electron chi connectivity index (χ1n) is 13.0. The molecule has 206 valence electrons. The number of nitrogens with one attached hydrogen (secondary N) is 1. The second-order valence-corrected chi connectivity index (χ2v) is 11.1. The van der Waals surface area contributed by atoms with Gasteiger partial charge < -0.3 is 10.2 Å². The Kier molecular flexibility index (Phi) is 6.73. The van der Waals surface area contributed by atoms with Crippen molar-refractivity contribution in [1.29, 1.82) is 0 Å². The van der Waals surface area contributed by atoms with Crippen molar-refractivity contribution in [3.05, 3.63) is 82.1 Å². The van der Waals surface area contributed by atoms with Gasteiger partial charge in [-0.2, -0.15) is 5.10 Å². The van der Waals surface area contributed by atoms with Crippen LogP contribution in [0.1, 0.15) is 46.8 Å². The zero-order chi connectivity index (χ0) is 28.0. The Morgan fingerprint density at radius 1 is 1.15 bits per heavy atom. The summed E-state index contributed by atoms with van der Waals surface area (Å²) in [6, 6.07) is 13.0. The van der Waals surface area contributed by atoms with Crippen molar-refractivity contribution in [2.24, 2.45) is 0 Å². The molecule has 1 saturated heterocycles. The molecule has 40 heavy (non-hydrogen) atoms. The van der Waals surface area contributed by atoms with E-state index < -0.39 is 18.0 Å². The lowest BCUT2D eigenvalue weighted by molar-refractivity contribution is -0.121. The number of hydrogen-bond donors (Lipinski definition) is 1. The molecule has 2 atom stereocenters. The molecule has 1 aliphatic carbocycles. The molecule has 2 aromatic heterocycles. The number of halogens is 3. The summed E-state index contributed by atoms with van der Waals surface area (Å²) in [7, 11) is 0. The first kappa shape index (κ1) is 26.3. The molecule has 1 aliphatic heterocycles. The minimum absolute atomic E-state index is 0.115. The Labute approximate surface area is 237 Å². The summed E-state index contributed by atoms with van der Waals surface area (Å²) < 4.78 is 30.5. The van der Waals surface area contributed by atoms with Crippen LogP contribution in [-0.4, -0.2) is 55.1 Å². The maximum Gasteiger partial charge on any atom is 0.272 e. The first-order chi connectivity index (χ1) is 19.2. The number of aryl methyl sites for hydroxylation is 1. The van der Waals surface area contributed by atoms with Crippen LogP contribution >= 0.6 is 15.9 Å². The number of piperidine rings is 1. The van der Waals surface area contributed by atoms with Crippen molar-refractivity contribution in [2.75, 3.05) is 11.4 Å². The Hall–Kier alpha value is -3.93. The molecule has 1 saturated carbocycles. The fourth-order valence-corrected chi connectivity index (χ4v) is 5.13. The topological polar surface area (TPSA) is 97.9 Å². The van der Waals surface area contributed by atoms with Gasteiger partial charge in [-0.25, -0.2) is 13.5 Å². The van der Waals surface area contributed by atoms with Gasteiger partial charge in [0, 0.05) is 34.9 Å². The minimum Gasteiger partial charge on any atom is -0.340 e. The molecule has 2 aromatic carbocycles. The Morgan fingerprint density at radius 3 is 2.65 bits per heavy atom. The highest BCUT2D eigenvalue weighted by molar-refractivity contribution is 9.10. The number of nitrogens with zero attached hydrogens (tertiary/aromatic N) is 6. The lowest BCUT2D eigenvalue weighted by atomic mass is 10.0. The van der Waals surface area contributed by atoms with E-state index in [1.807, 2.05) is 37.3 Å². The van der Waals surface area contributed by atoms with Gasteiger partial charge in [0.1, 0.15) is 23.5 Å². The number of aromatic nitrogens is 5. The Bertz CT molecular complexity index is 1580. The summed E-state index contributed by atoms with van der Waals surface area (Å²) in [5.74, 6) is -3.12. The highest BCUT2D eigenvalue weighted by Gasteiger charge is 2.59.